The van der Waals surface area contributed by atoms with Crippen LogP contribution in [0.5, 0.6) is 0 Å². The third-order valence-electron chi connectivity index (χ3n) is 2.33. The first-order valence-corrected chi connectivity index (χ1v) is 7.05. The molecule has 17 heavy (non-hydrogen) atoms. The molecule has 96 valence electrons. The van der Waals surface area contributed by atoms with Gasteiger partial charge in [0.25, 0.3) is 0 Å². The number of thiazole rings is 1. The zero-order valence-electron chi connectivity index (χ0n) is 10.7. The summed E-state index contributed by atoms with van der Waals surface area (Å²) < 4.78 is 0. The van der Waals surface area contributed by atoms with Gasteiger partial charge in [-0.3, -0.25) is 4.99 Å². The molecule has 0 aromatic carbocycles. The van der Waals surface area contributed by atoms with Crippen molar-refractivity contribution in [2.45, 2.75) is 39.5 Å². The Balaban J connectivity index is 2.12. The number of rotatable bonds is 7. The van der Waals surface area contributed by atoms with Crippen LogP contribution in [0, 0.1) is 6.92 Å². The SMILES string of the molecule is CCCCNC(N)=NCCCc1nc(C)cs1. The molecule has 0 amide bonds. The van der Waals surface area contributed by atoms with Gasteiger partial charge in [-0.25, -0.2) is 4.98 Å². The van der Waals surface area contributed by atoms with Crippen LogP contribution >= 0.6 is 11.3 Å². The molecule has 5 heteroatoms. The topological polar surface area (TPSA) is 63.3 Å². The second kappa shape index (κ2) is 8.06. The number of hydrogen-bond acceptors (Lipinski definition) is 3. The van der Waals surface area contributed by atoms with E-state index in [1.165, 1.54) is 11.4 Å². The summed E-state index contributed by atoms with van der Waals surface area (Å²) in [4.78, 5) is 8.69. The van der Waals surface area contributed by atoms with E-state index in [1.807, 2.05) is 6.92 Å². The van der Waals surface area contributed by atoms with Crippen molar-refractivity contribution in [3.63, 3.8) is 0 Å². The number of nitrogens with zero attached hydrogens (tertiary/aromatic N) is 2. The standard InChI is InChI=1S/C12H22N4S/c1-3-4-7-14-12(13)15-8-5-6-11-16-10(2)9-17-11/h9H,3-8H2,1-2H3,(H3,13,14,15). The molecule has 0 fully saturated rings. The lowest BCUT2D eigenvalue weighted by Crippen LogP contribution is -2.32. The van der Waals surface area contributed by atoms with Gasteiger partial charge in [0.1, 0.15) is 0 Å². The number of nitrogens with two attached hydrogens (primary N) is 1. The van der Waals surface area contributed by atoms with Crippen LogP contribution in [0.3, 0.4) is 0 Å². The van der Waals surface area contributed by atoms with Gasteiger partial charge in [0.15, 0.2) is 5.96 Å². The van der Waals surface area contributed by atoms with E-state index in [0.29, 0.717) is 5.96 Å². The molecule has 0 saturated heterocycles. The van der Waals surface area contributed by atoms with Crippen molar-refractivity contribution >= 4 is 17.3 Å². The molecule has 0 spiro atoms. The van der Waals surface area contributed by atoms with Crippen molar-refractivity contribution < 1.29 is 0 Å². The van der Waals surface area contributed by atoms with E-state index in [0.717, 1.165) is 38.0 Å². The summed E-state index contributed by atoms with van der Waals surface area (Å²) in [6.07, 6.45) is 4.30. The van der Waals surface area contributed by atoms with Crippen LogP contribution in [0.1, 0.15) is 36.9 Å². The molecule has 0 saturated carbocycles. The van der Waals surface area contributed by atoms with Crippen molar-refractivity contribution in [2.24, 2.45) is 10.7 Å². The molecule has 0 radical (unpaired) electrons. The Morgan fingerprint density at radius 3 is 3.00 bits per heavy atom. The highest BCUT2D eigenvalue weighted by molar-refractivity contribution is 7.09. The molecule has 0 aliphatic heterocycles. The Kier molecular flexibility index (Phi) is 6.62. The van der Waals surface area contributed by atoms with Gasteiger partial charge in [0.05, 0.1) is 5.01 Å². The largest absolute Gasteiger partial charge is 0.370 e. The minimum absolute atomic E-state index is 0.564. The third-order valence-corrected chi connectivity index (χ3v) is 3.36. The summed E-state index contributed by atoms with van der Waals surface area (Å²) in [5.74, 6) is 0.564. The lowest BCUT2D eigenvalue weighted by Gasteiger charge is -2.03. The Morgan fingerprint density at radius 2 is 2.35 bits per heavy atom. The summed E-state index contributed by atoms with van der Waals surface area (Å²) in [5.41, 5.74) is 6.83. The molecule has 1 heterocycles. The van der Waals surface area contributed by atoms with Crippen molar-refractivity contribution in [3.8, 4) is 0 Å². The van der Waals surface area contributed by atoms with E-state index in [-0.39, 0.29) is 0 Å². The van der Waals surface area contributed by atoms with E-state index in [1.54, 1.807) is 11.3 Å². The Bertz CT molecular complexity index is 346. The second-order valence-corrected chi connectivity index (χ2v) is 4.98. The molecule has 1 aromatic rings. The number of aliphatic imine (C=N–C) groups is 1. The highest BCUT2D eigenvalue weighted by Gasteiger charge is 1.98. The zero-order valence-corrected chi connectivity index (χ0v) is 11.5. The summed E-state index contributed by atoms with van der Waals surface area (Å²) in [5, 5.41) is 6.37. The number of aryl methyl sites for hydroxylation is 2. The van der Waals surface area contributed by atoms with Crippen LogP contribution < -0.4 is 11.1 Å². The van der Waals surface area contributed by atoms with Gasteiger partial charge >= 0.3 is 0 Å². The monoisotopic (exact) mass is 254 g/mol. The highest BCUT2D eigenvalue weighted by atomic mass is 32.1. The Hall–Kier alpha value is -1.10. The van der Waals surface area contributed by atoms with E-state index in [4.69, 9.17) is 5.73 Å². The molecule has 0 aliphatic rings. The van der Waals surface area contributed by atoms with Crippen LogP contribution in [0.25, 0.3) is 0 Å². The highest BCUT2D eigenvalue weighted by Crippen LogP contribution is 2.10. The van der Waals surface area contributed by atoms with Crippen LogP contribution in [-0.2, 0) is 6.42 Å². The van der Waals surface area contributed by atoms with E-state index in [2.05, 4.69) is 27.6 Å². The Morgan fingerprint density at radius 1 is 1.53 bits per heavy atom. The molecule has 1 aromatic heterocycles. The van der Waals surface area contributed by atoms with Crippen LogP contribution in [0.4, 0.5) is 0 Å². The van der Waals surface area contributed by atoms with Gasteiger partial charge in [0, 0.05) is 30.6 Å². The Labute approximate surface area is 107 Å². The van der Waals surface area contributed by atoms with Gasteiger partial charge < -0.3 is 11.1 Å². The molecular weight excluding hydrogens is 232 g/mol. The minimum atomic E-state index is 0.564. The summed E-state index contributed by atoms with van der Waals surface area (Å²) in [7, 11) is 0. The zero-order chi connectivity index (χ0) is 12.5. The summed E-state index contributed by atoms with van der Waals surface area (Å²) in [6.45, 7) is 5.86. The number of nitrogens with one attached hydrogen (secondary N) is 1. The molecule has 0 unspecified atom stereocenters. The lowest BCUT2D eigenvalue weighted by molar-refractivity contribution is 0.743. The molecule has 1 rings (SSSR count). The molecule has 3 N–H and O–H groups in total. The smallest absolute Gasteiger partial charge is 0.188 e. The lowest BCUT2D eigenvalue weighted by atomic mass is 10.3. The van der Waals surface area contributed by atoms with Crippen LogP contribution in [0.15, 0.2) is 10.4 Å². The first kappa shape index (κ1) is 14.0. The average molecular weight is 254 g/mol. The fraction of sp³-hybridized carbons (Fsp3) is 0.667. The van der Waals surface area contributed by atoms with E-state index < -0.39 is 0 Å². The molecule has 0 bridgehead atoms. The predicted octanol–water partition coefficient (Wildman–Crippen LogP) is 2.09. The maximum absolute atomic E-state index is 5.72. The molecular formula is C12H22N4S. The van der Waals surface area contributed by atoms with Crippen LogP contribution in [-0.4, -0.2) is 24.0 Å². The van der Waals surface area contributed by atoms with Crippen molar-refractivity contribution in [2.75, 3.05) is 13.1 Å². The minimum Gasteiger partial charge on any atom is -0.370 e. The average Bonchev–Trinajstić information content (AvgIpc) is 2.71. The maximum Gasteiger partial charge on any atom is 0.188 e. The van der Waals surface area contributed by atoms with Crippen molar-refractivity contribution in [1.29, 1.82) is 0 Å². The van der Waals surface area contributed by atoms with Crippen LogP contribution in [0.2, 0.25) is 0 Å². The summed E-state index contributed by atoms with van der Waals surface area (Å²) >= 11 is 1.72. The number of hydrogen-bond donors (Lipinski definition) is 2. The quantitative estimate of drug-likeness (QED) is 0.445. The number of unbranched alkanes of at least 4 members (excludes halogenated alkanes) is 1. The second-order valence-electron chi connectivity index (χ2n) is 4.03. The first-order chi connectivity index (χ1) is 8.22. The molecule has 0 atom stereocenters. The number of aromatic nitrogens is 1. The van der Waals surface area contributed by atoms with Gasteiger partial charge in [-0.15, -0.1) is 11.3 Å². The third kappa shape index (κ3) is 6.26. The maximum atomic E-state index is 5.72. The normalized spacial score (nSPS) is 11.8. The van der Waals surface area contributed by atoms with Gasteiger partial charge in [-0.05, 0) is 19.8 Å². The van der Waals surface area contributed by atoms with E-state index >= 15 is 0 Å². The first-order valence-electron chi connectivity index (χ1n) is 6.17. The van der Waals surface area contributed by atoms with Gasteiger partial charge in [-0.2, -0.15) is 0 Å². The van der Waals surface area contributed by atoms with Gasteiger partial charge in [0.2, 0.25) is 0 Å². The summed E-state index contributed by atoms with van der Waals surface area (Å²) in [6, 6.07) is 0. The predicted molar refractivity (Wildman–Crippen MR) is 74.6 cm³/mol. The van der Waals surface area contributed by atoms with Crippen molar-refractivity contribution in [1.82, 2.24) is 10.3 Å². The fourth-order valence-corrected chi connectivity index (χ4v) is 2.21. The van der Waals surface area contributed by atoms with Crippen molar-refractivity contribution in [3.05, 3.63) is 16.1 Å². The molecule has 4 nitrogen and oxygen atoms in total. The fourth-order valence-electron chi connectivity index (χ4n) is 1.40. The number of guanidine groups is 1. The molecule has 0 aliphatic carbocycles. The van der Waals surface area contributed by atoms with E-state index in [9.17, 15) is 0 Å². The van der Waals surface area contributed by atoms with Gasteiger partial charge in [-0.1, -0.05) is 13.3 Å².